The molecule has 0 unspecified atom stereocenters. The fraction of sp³-hybridized carbons (Fsp3) is 0. The lowest BCUT2D eigenvalue weighted by Crippen LogP contribution is -2.25. The summed E-state index contributed by atoms with van der Waals surface area (Å²) < 4.78 is 13.4. The van der Waals surface area contributed by atoms with Gasteiger partial charge in [-0.05, 0) is 42.5 Å². The molecule has 5 nitrogen and oxygen atoms in total. The molecule has 0 bridgehead atoms. The number of rotatable bonds is 5. The van der Waals surface area contributed by atoms with Crippen LogP contribution in [0, 0.1) is 5.82 Å². The van der Waals surface area contributed by atoms with Crippen molar-refractivity contribution in [3.8, 4) is 0 Å². The van der Waals surface area contributed by atoms with Crippen molar-refractivity contribution in [2.24, 2.45) is 0 Å². The number of benzene rings is 2. The van der Waals surface area contributed by atoms with E-state index < -0.39 is 17.6 Å². The molecule has 0 aliphatic carbocycles. The van der Waals surface area contributed by atoms with Crippen LogP contribution in [0.25, 0.3) is 6.08 Å². The van der Waals surface area contributed by atoms with Gasteiger partial charge in [0.25, 0.3) is 11.8 Å². The Hall–Kier alpha value is -3.22. The topological polar surface area (TPSA) is 71.1 Å². The molecule has 29 heavy (non-hydrogen) atoms. The van der Waals surface area contributed by atoms with Crippen molar-refractivity contribution in [2.45, 2.75) is 0 Å². The number of hydrogen-bond acceptors (Lipinski definition) is 3. The van der Waals surface area contributed by atoms with E-state index in [1.165, 1.54) is 24.4 Å². The highest BCUT2D eigenvalue weighted by Crippen LogP contribution is 2.21. The maximum Gasteiger partial charge on any atom is 0.261 e. The number of carbonyl (C=O) groups excluding carboxylic acids is 2. The Labute approximate surface area is 176 Å². The van der Waals surface area contributed by atoms with Crippen molar-refractivity contribution < 1.29 is 14.0 Å². The second kappa shape index (κ2) is 9.32. The zero-order chi connectivity index (χ0) is 20.8. The van der Waals surface area contributed by atoms with Crippen LogP contribution in [-0.2, 0) is 9.59 Å². The van der Waals surface area contributed by atoms with Gasteiger partial charge in [-0.15, -0.1) is 0 Å². The molecule has 8 heteroatoms. The molecule has 0 fully saturated rings. The summed E-state index contributed by atoms with van der Waals surface area (Å²) in [6.45, 7) is 0. The third kappa shape index (κ3) is 5.40. The fourth-order valence-corrected chi connectivity index (χ4v) is 2.74. The first kappa shape index (κ1) is 20.5. The molecule has 146 valence electrons. The summed E-state index contributed by atoms with van der Waals surface area (Å²) in [5.41, 5.74) is 0.916. The van der Waals surface area contributed by atoms with Gasteiger partial charge in [-0.1, -0.05) is 47.5 Å². The summed E-state index contributed by atoms with van der Waals surface area (Å²) in [6.07, 6.45) is 2.82. The lowest BCUT2D eigenvalue weighted by atomic mass is 10.1. The van der Waals surface area contributed by atoms with Crippen molar-refractivity contribution in [1.29, 1.82) is 0 Å². The van der Waals surface area contributed by atoms with E-state index in [2.05, 4.69) is 15.6 Å². The number of aromatic nitrogens is 1. The molecule has 3 aromatic rings. The normalized spacial score (nSPS) is 11.1. The molecule has 0 atom stereocenters. The number of nitrogens with zero attached hydrogens (tertiary/aromatic N) is 1. The van der Waals surface area contributed by atoms with Gasteiger partial charge >= 0.3 is 0 Å². The van der Waals surface area contributed by atoms with Crippen LogP contribution in [0.5, 0.6) is 0 Å². The van der Waals surface area contributed by atoms with Crippen LogP contribution in [0.1, 0.15) is 5.56 Å². The summed E-state index contributed by atoms with van der Waals surface area (Å²) in [5.74, 6) is -1.99. The number of hydrogen-bond donors (Lipinski definition) is 2. The van der Waals surface area contributed by atoms with Crippen LogP contribution < -0.4 is 10.6 Å². The number of para-hydroxylation sites is 1. The maximum atomic E-state index is 13.4. The SMILES string of the molecule is O=C(Nc1ccccc1)/C(=C\c1cccnc1Cl)C(=O)Nc1ccc(F)c(Cl)c1. The highest BCUT2D eigenvalue weighted by molar-refractivity contribution is 6.33. The molecule has 3 rings (SSSR count). The van der Waals surface area contributed by atoms with Gasteiger partial charge in [0.05, 0.1) is 5.02 Å². The van der Waals surface area contributed by atoms with E-state index in [1.54, 1.807) is 42.5 Å². The summed E-state index contributed by atoms with van der Waals surface area (Å²) in [6, 6.07) is 15.6. The van der Waals surface area contributed by atoms with Crippen LogP contribution in [0.2, 0.25) is 10.2 Å². The van der Waals surface area contributed by atoms with E-state index in [1.807, 2.05) is 0 Å². The fourth-order valence-electron chi connectivity index (χ4n) is 2.39. The third-order valence-corrected chi connectivity index (χ3v) is 4.39. The monoisotopic (exact) mass is 429 g/mol. The van der Waals surface area contributed by atoms with E-state index in [0.29, 0.717) is 11.3 Å². The molecular formula is C21H14Cl2FN3O2. The number of amides is 2. The minimum atomic E-state index is -0.721. The first-order valence-corrected chi connectivity index (χ1v) is 9.14. The Balaban J connectivity index is 1.93. The number of pyridine rings is 1. The molecular weight excluding hydrogens is 416 g/mol. The van der Waals surface area contributed by atoms with Crippen LogP contribution in [0.3, 0.4) is 0 Å². The van der Waals surface area contributed by atoms with E-state index in [9.17, 15) is 14.0 Å². The van der Waals surface area contributed by atoms with Crippen molar-refractivity contribution in [3.05, 3.63) is 94.0 Å². The number of halogens is 3. The van der Waals surface area contributed by atoms with Gasteiger partial charge in [-0.2, -0.15) is 0 Å². The smallest absolute Gasteiger partial charge is 0.261 e. The van der Waals surface area contributed by atoms with Crippen LogP contribution in [-0.4, -0.2) is 16.8 Å². The van der Waals surface area contributed by atoms with Gasteiger partial charge in [0.15, 0.2) is 0 Å². The van der Waals surface area contributed by atoms with Crippen molar-refractivity contribution in [3.63, 3.8) is 0 Å². The molecule has 2 aromatic carbocycles. The zero-order valence-electron chi connectivity index (χ0n) is 14.8. The van der Waals surface area contributed by atoms with Gasteiger partial charge in [0, 0.05) is 23.1 Å². The predicted molar refractivity (Wildman–Crippen MR) is 112 cm³/mol. The molecule has 0 aliphatic rings. The first-order valence-electron chi connectivity index (χ1n) is 8.39. The maximum absolute atomic E-state index is 13.4. The van der Waals surface area contributed by atoms with Crippen molar-refractivity contribution in [1.82, 2.24) is 4.98 Å². The van der Waals surface area contributed by atoms with Crippen molar-refractivity contribution in [2.75, 3.05) is 10.6 Å². The van der Waals surface area contributed by atoms with Crippen LogP contribution >= 0.6 is 23.2 Å². The zero-order valence-corrected chi connectivity index (χ0v) is 16.3. The Bertz CT molecular complexity index is 1090. The van der Waals surface area contributed by atoms with Crippen LogP contribution in [0.15, 0.2) is 72.4 Å². The molecule has 0 radical (unpaired) electrons. The highest BCUT2D eigenvalue weighted by Gasteiger charge is 2.20. The predicted octanol–water partition coefficient (Wildman–Crippen LogP) is 5.19. The summed E-state index contributed by atoms with van der Waals surface area (Å²) in [7, 11) is 0. The number of carbonyl (C=O) groups is 2. The number of nitrogens with one attached hydrogen (secondary N) is 2. The van der Waals surface area contributed by atoms with Gasteiger partial charge in [0.2, 0.25) is 0 Å². The largest absolute Gasteiger partial charge is 0.322 e. The third-order valence-electron chi connectivity index (χ3n) is 3.79. The molecule has 2 N–H and O–H groups in total. The first-order chi connectivity index (χ1) is 13.9. The Morgan fingerprint density at radius 1 is 0.897 bits per heavy atom. The summed E-state index contributed by atoms with van der Waals surface area (Å²) in [4.78, 5) is 29.5. The quantitative estimate of drug-likeness (QED) is 0.253. The molecule has 0 spiro atoms. The highest BCUT2D eigenvalue weighted by atomic mass is 35.5. The molecule has 0 saturated carbocycles. The lowest BCUT2D eigenvalue weighted by Gasteiger charge is -2.11. The standard InChI is InChI=1S/C21H14Cl2FN3O2/c22-17-12-15(8-9-18(17)24)27-21(29)16(11-13-5-4-10-25-19(13)23)20(28)26-14-6-2-1-3-7-14/h1-12H,(H,26,28)(H,27,29)/b16-11+. The van der Waals surface area contributed by atoms with E-state index in [-0.39, 0.29) is 21.4 Å². The lowest BCUT2D eigenvalue weighted by molar-refractivity contribution is -0.118. The van der Waals surface area contributed by atoms with Gasteiger partial charge in [0.1, 0.15) is 16.5 Å². The average Bonchev–Trinajstić information content (AvgIpc) is 2.70. The number of anilines is 2. The Morgan fingerprint density at radius 2 is 1.59 bits per heavy atom. The molecule has 0 aliphatic heterocycles. The minimum absolute atomic E-state index is 0.134. The Kier molecular flexibility index (Phi) is 6.59. The van der Waals surface area contributed by atoms with E-state index in [0.717, 1.165) is 6.07 Å². The van der Waals surface area contributed by atoms with Gasteiger partial charge in [-0.25, -0.2) is 9.37 Å². The molecule has 2 amide bonds. The minimum Gasteiger partial charge on any atom is -0.322 e. The second-order valence-electron chi connectivity index (χ2n) is 5.84. The summed E-state index contributed by atoms with van der Waals surface area (Å²) in [5, 5.41) is 5.16. The van der Waals surface area contributed by atoms with E-state index in [4.69, 9.17) is 23.2 Å². The molecule has 1 aromatic heterocycles. The van der Waals surface area contributed by atoms with Crippen LogP contribution in [0.4, 0.5) is 15.8 Å². The average molecular weight is 430 g/mol. The van der Waals surface area contributed by atoms with Crippen molar-refractivity contribution >= 4 is 52.5 Å². The Morgan fingerprint density at radius 3 is 2.24 bits per heavy atom. The summed E-state index contributed by atoms with van der Waals surface area (Å²) >= 11 is 11.8. The van der Waals surface area contributed by atoms with Gasteiger partial charge < -0.3 is 10.6 Å². The molecule has 0 saturated heterocycles. The van der Waals surface area contributed by atoms with Gasteiger partial charge in [-0.3, -0.25) is 9.59 Å². The second-order valence-corrected chi connectivity index (χ2v) is 6.61. The van der Waals surface area contributed by atoms with E-state index >= 15 is 0 Å². The molecule has 1 heterocycles.